The first kappa shape index (κ1) is 12.3. The van der Waals surface area contributed by atoms with Gasteiger partial charge in [0.25, 0.3) is 0 Å². The number of carbonyl (C=O) groups excluding carboxylic acids is 1. The maximum Gasteiger partial charge on any atom is 0.339 e. The first-order chi connectivity index (χ1) is 8.13. The Labute approximate surface area is 112 Å². The van der Waals surface area contributed by atoms with Gasteiger partial charge in [0.15, 0.2) is 0 Å². The number of ether oxygens (including phenoxy) is 1. The maximum absolute atomic E-state index is 11.7. The van der Waals surface area contributed by atoms with E-state index in [9.17, 15) is 4.79 Å². The number of hydrogen-bond acceptors (Lipinski definition) is 3. The molecule has 0 aliphatic rings. The van der Waals surface area contributed by atoms with Crippen molar-refractivity contribution in [3.05, 3.63) is 39.5 Å². The van der Waals surface area contributed by atoms with Crippen LogP contribution in [0.2, 0.25) is 5.02 Å². The second-order valence-electron chi connectivity index (χ2n) is 3.36. The average Bonchev–Trinajstić information content (AvgIpc) is 2.29. The van der Waals surface area contributed by atoms with Gasteiger partial charge in [0.2, 0.25) is 0 Å². The fraction of sp³-hybridized carbons (Fsp3) is 0.167. The summed E-state index contributed by atoms with van der Waals surface area (Å²) in [6.45, 7) is 2.10. The Morgan fingerprint density at radius 3 is 3.00 bits per heavy atom. The molecule has 5 heteroatoms. The number of fused-ring (bicyclic) bond motifs is 1. The number of nitrogens with zero attached hydrogens (tertiary/aromatic N) is 1. The van der Waals surface area contributed by atoms with Crippen LogP contribution in [0.15, 0.2) is 28.9 Å². The van der Waals surface area contributed by atoms with Crippen LogP contribution in [-0.4, -0.2) is 17.6 Å². The van der Waals surface area contributed by atoms with Crippen LogP contribution in [0.5, 0.6) is 0 Å². The molecular weight excluding hydrogens is 305 g/mol. The fourth-order valence-electron chi connectivity index (χ4n) is 1.50. The van der Waals surface area contributed by atoms with Gasteiger partial charge in [0.05, 0.1) is 22.7 Å². The smallest absolute Gasteiger partial charge is 0.339 e. The number of benzene rings is 1. The molecule has 0 radical (unpaired) electrons. The zero-order valence-corrected chi connectivity index (χ0v) is 11.4. The minimum Gasteiger partial charge on any atom is -0.462 e. The number of esters is 1. The van der Waals surface area contributed by atoms with E-state index in [4.69, 9.17) is 16.3 Å². The number of aromatic nitrogens is 1. The topological polar surface area (TPSA) is 39.2 Å². The van der Waals surface area contributed by atoms with Gasteiger partial charge < -0.3 is 4.74 Å². The molecule has 3 nitrogen and oxygen atoms in total. The minimum absolute atomic E-state index is 0.337. The third-order valence-electron chi connectivity index (χ3n) is 2.27. The SMILES string of the molecule is CCOC(=O)c1cc2c(Cl)ccnc2cc1Br. The number of rotatable bonds is 2. The molecule has 2 aromatic rings. The molecule has 2 rings (SSSR count). The summed E-state index contributed by atoms with van der Waals surface area (Å²) in [6, 6.07) is 5.13. The highest BCUT2D eigenvalue weighted by atomic mass is 79.9. The van der Waals surface area contributed by atoms with Crippen molar-refractivity contribution in [1.82, 2.24) is 4.98 Å². The van der Waals surface area contributed by atoms with E-state index in [1.54, 1.807) is 31.3 Å². The van der Waals surface area contributed by atoms with E-state index in [1.807, 2.05) is 0 Å². The molecule has 1 aromatic heterocycles. The Hall–Kier alpha value is -1.13. The number of carbonyl (C=O) groups is 1. The molecule has 0 saturated heterocycles. The molecule has 0 aliphatic heterocycles. The predicted molar refractivity (Wildman–Crippen MR) is 70.4 cm³/mol. The van der Waals surface area contributed by atoms with Gasteiger partial charge in [-0.1, -0.05) is 11.6 Å². The monoisotopic (exact) mass is 313 g/mol. The molecule has 0 bridgehead atoms. The molecular formula is C12H9BrClNO2. The van der Waals surface area contributed by atoms with E-state index < -0.39 is 0 Å². The van der Waals surface area contributed by atoms with E-state index in [0.29, 0.717) is 21.7 Å². The summed E-state index contributed by atoms with van der Waals surface area (Å²) in [5, 5.41) is 1.30. The maximum atomic E-state index is 11.7. The largest absolute Gasteiger partial charge is 0.462 e. The highest BCUT2D eigenvalue weighted by molar-refractivity contribution is 9.10. The van der Waals surface area contributed by atoms with Crippen LogP contribution in [0.4, 0.5) is 0 Å². The number of halogens is 2. The van der Waals surface area contributed by atoms with Crippen molar-refractivity contribution in [3.63, 3.8) is 0 Å². The van der Waals surface area contributed by atoms with E-state index in [2.05, 4.69) is 20.9 Å². The Bertz CT molecular complexity index is 586. The van der Waals surface area contributed by atoms with Gasteiger partial charge in [-0.05, 0) is 41.1 Å². The molecule has 17 heavy (non-hydrogen) atoms. The zero-order valence-electron chi connectivity index (χ0n) is 9.04. The lowest BCUT2D eigenvalue weighted by atomic mass is 10.1. The van der Waals surface area contributed by atoms with Crippen LogP contribution >= 0.6 is 27.5 Å². The predicted octanol–water partition coefficient (Wildman–Crippen LogP) is 3.83. The van der Waals surface area contributed by atoms with Crippen molar-refractivity contribution in [2.45, 2.75) is 6.92 Å². The molecule has 0 spiro atoms. The number of hydrogen-bond donors (Lipinski definition) is 0. The van der Waals surface area contributed by atoms with Gasteiger partial charge in [-0.2, -0.15) is 0 Å². The molecule has 0 amide bonds. The minimum atomic E-state index is -0.374. The molecule has 0 unspecified atom stereocenters. The van der Waals surface area contributed by atoms with Crippen molar-refractivity contribution in [3.8, 4) is 0 Å². The Kier molecular flexibility index (Phi) is 3.64. The summed E-state index contributed by atoms with van der Waals surface area (Å²) in [6.07, 6.45) is 1.63. The summed E-state index contributed by atoms with van der Waals surface area (Å²) < 4.78 is 5.62. The normalized spacial score (nSPS) is 10.5. The van der Waals surface area contributed by atoms with Gasteiger partial charge in [0.1, 0.15) is 0 Å². The van der Waals surface area contributed by atoms with Crippen LogP contribution in [0.1, 0.15) is 17.3 Å². The summed E-state index contributed by atoms with van der Waals surface area (Å²) in [4.78, 5) is 15.9. The second kappa shape index (κ2) is 5.02. The van der Waals surface area contributed by atoms with Crippen molar-refractivity contribution in [2.75, 3.05) is 6.61 Å². The molecule has 0 fully saturated rings. The van der Waals surface area contributed by atoms with Crippen molar-refractivity contribution >= 4 is 44.4 Å². The quantitative estimate of drug-likeness (QED) is 0.791. The lowest BCUT2D eigenvalue weighted by Crippen LogP contribution is -2.05. The standard InChI is InChI=1S/C12H9BrClNO2/c1-2-17-12(16)7-5-8-10(14)3-4-15-11(8)6-9(7)13/h3-6H,2H2,1H3. The molecule has 1 aromatic carbocycles. The number of pyridine rings is 1. The lowest BCUT2D eigenvalue weighted by molar-refractivity contribution is 0.0525. The first-order valence-electron chi connectivity index (χ1n) is 5.04. The molecule has 0 atom stereocenters. The third-order valence-corrected chi connectivity index (χ3v) is 3.26. The summed E-state index contributed by atoms with van der Waals surface area (Å²) in [7, 11) is 0. The lowest BCUT2D eigenvalue weighted by Gasteiger charge is -2.06. The Morgan fingerprint density at radius 2 is 2.29 bits per heavy atom. The van der Waals surface area contributed by atoms with E-state index >= 15 is 0 Å². The van der Waals surface area contributed by atoms with E-state index in [1.165, 1.54) is 0 Å². The van der Waals surface area contributed by atoms with E-state index in [0.717, 1.165) is 10.9 Å². The molecule has 88 valence electrons. The molecule has 0 N–H and O–H groups in total. The van der Waals surface area contributed by atoms with Gasteiger partial charge in [-0.25, -0.2) is 4.79 Å². The van der Waals surface area contributed by atoms with Crippen LogP contribution in [0.3, 0.4) is 0 Å². The van der Waals surface area contributed by atoms with Gasteiger partial charge >= 0.3 is 5.97 Å². The molecule has 0 aliphatic carbocycles. The third kappa shape index (κ3) is 2.42. The summed E-state index contributed by atoms with van der Waals surface area (Å²) in [5.41, 5.74) is 1.19. The Morgan fingerprint density at radius 1 is 1.53 bits per heavy atom. The first-order valence-corrected chi connectivity index (χ1v) is 6.21. The van der Waals surface area contributed by atoms with Crippen molar-refractivity contribution < 1.29 is 9.53 Å². The zero-order chi connectivity index (χ0) is 12.4. The highest BCUT2D eigenvalue weighted by Crippen LogP contribution is 2.28. The second-order valence-corrected chi connectivity index (χ2v) is 4.62. The van der Waals surface area contributed by atoms with Crippen LogP contribution in [0, 0.1) is 0 Å². The average molecular weight is 315 g/mol. The highest BCUT2D eigenvalue weighted by Gasteiger charge is 2.13. The summed E-state index contributed by atoms with van der Waals surface area (Å²) >= 11 is 9.38. The molecule has 1 heterocycles. The van der Waals surface area contributed by atoms with Gasteiger partial charge in [-0.15, -0.1) is 0 Å². The van der Waals surface area contributed by atoms with Crippen LogP contribution in [0.25, 0.3) is 10.9 Å². The summed E-state index contributed by atoms with van der Waals surface area (Å²) in [5.74, 6) is -0.374. The van der Waals surface area contributed by atoms with Crippen molar-refractivity contribution in [2.24, 2.45) is 0 Å². The Balaban J connectivity index is 2.61. The van der Waals surface area contributed by atoms with Gasteiger partial charge in [-0.3, -0.25) is 4.98 Å². The van der Waals surface area contributed by atoms with E-state index in [-0.39, 0.29) is 5.97 Å². The van der Waals surface area contributed by atoms with Gasteiger partial charge in [0, 0.05) is 16.1 Å². The van der Waals surface area contributed by atoms with Crippen molar-refractivity contribution in [1.29, 1.82) is 0 Å². The van der Waals surface area contributed by atoms with Crippen LogP contribution in [-0.2, 0) is 4.74 Å². The van der Waals surface area contributed by atoms with Crippen LogP contribution < -0.4 is 0 Å². The molecule has 0 saturated carbocycles. The fourth-order valence-corrected chi connectivity index (χ4v) is 2.20.